The van der Waals surface area contributed by atoms with E-state index in [1.54, 1.807) is 7.11 Å². The molecule has 0 heterocycles. The molecule has 1 aliphatic carbocycles. The Morgan fingerprint density at radius 1 is 1.42 bits per heavy atom. The van der Waals surface area contributed by atoms with Crippen LogP contribution in [0.1, 0.15) is 32.1 Å². The fourth-order valence-corrected chi connectivity index (χ4v) is 1.77. The van der Waals surface area contributed by atoms with Crippen LogP contribution in [0.25, 0.3) is 0 Å². The molecule has 72 valence electrons. The molecule has 0 bridgehead atoms. The van der Waals surface area contributed by atoms with Crippen LogP contribution in [0.3, 0.4) is 0 Å². The van der Waals surface area contributed by atoms with Gasteiger partial charge in [0.15, 0.2) is 0 Å². The summed E-state index contributed by atoms with van der Waals surface area (Å²) in [7, 11) is 1.72. The zero-order valence-corrected chi connectivity index (χ0v) is 7.88. The topological polar surface area (TPSA) is 61.3 Å². The van der Waals surface area contributed by atoms with E-state index in [9.17, 15) is 0 Å². The summed E-state index contributed by atoms with van der Waals surface area (Å²) in [6, 6.07) is 0.379. The molecular formula is C9H20N2O. The molecule has 0 atom stereocenters. The van der Waals surface area contributed by atoms with Crippen molar-refractivity contribution in [3.8, 4) is 0 Å². The van der Waals surface area contributed by atoms with Gasteiger partial charge < -0.3 is 16.2 Å². The molecule has 0 aromatic carbocycles. The predicted molar refractivity (Wildman–Crippen MR) is 49.9 cm³/mol. The Labute approximate surface area is 74.4 Å². The number of hydrogen-bond donors (Lipinski definition) is 2. The molecule has 1 fully saturated rings. The van der Waals surface area contributed by atoms with E-state index in [0.717, 1.165) is 38.7 Å². The van der Waals surface area contributed by atoms with Gasteiger partial charge in [0.2, 0.25) is 0 Å². The number of nitrogens with two attached hydrogens (primary N) is 2. The van der Waals surface area contributed by atoms with Gasteiger partial charge in [-0.2, -0.15) is 0 Å². The van der Waals surface area contributed by atoms with Crippen LogP contribution in [0.4, 0.5) is 0 Å². The van der Waals surface area contributed by atoms with Gasteiger partial charge in [0.05, 0.1) is 0 Å². The van der Waals surface area contributed by atoms with E-state index < -0.39 is 0 Å². The molecule has 0 aromatic heterocycles. The zero-order chi connectivity index (χ0) is 9.03. The van der Waals surface area contributed by atoms with Gasteiger partial charge in [-0.25, -0.2) is 0 Å². The van der Waals surface area contributed by atoms with Crippen molar-refractivity contribution < 1.29 is 4.74 Å². The largest absolute Gasteiger partial charge is 0.385 e. The number of rotatable bonds is 3. The molecular weight excluding hydrogens is 152 g/mol. The van der Waals surface area contributed by atoms with Gasteiger partial charge in [0.25, 0.3) is 0 Å². The van der Waals surface area contributed by atoms with Crippen molar-refractivity contribution in [3.63, 3.8) is 0 Å². The van der Waals surface area contributed by atoms with Crippen molar-refractivity contribution in [2.24, 2.45) is 11.5 Å². The summed E-state index contributed by atoms with van der Waals surface area (Å²) in [5.74, 6) is 0. The van der Waals surface area contributed by atoms with Crippen LogP contribution in [0.5, 0.6) is 0 Å². The Balaban J connectivity index is 2.29. The summed E-state index contributed by atoms with van der Waals surface area (Å²) in [4.78, 5) is 0. The molecule has 3 heteroatoms. The predicted octanol–water partition coefficient (Wildman–Crippen LogP) is 0.622. The van der Waals surface area contributed by atoms with Gasteiger partial charge in [-0.15, -0.1) is 0 Å². The first-order chi connectivity index (χ1) is 5.66. The molecule has 0 aliphatic heterocycles. The van der Waals surface area contributed by atoms with Gasteiger partial charge in [-0.1, -0.05) is 0 Å². The Kier molecular flexibility index (Phi) is 3.50. The SMILES string of the molecule is COCCC1(N)CCC(N)CC1. The third-order valence-electron chi connectivity index (χ3n) is 2.83. The molecule has 0 radical (unpaired) electrons. The maximum Gasteiger partial charge on any atom is 0.0479 e. The lowest BCUT2D eigenvalue weighted by Crippen LogP contribution is -2.46. The maximum atomic E-state index is 6.17. The van der Waals surface area contributed by atoms with Crippen molar-refractivity contribution in [3.05, 3.63) is 0 Å². The van der Waals surface area contributed by atoms with Crippen LogP contribution in [0, 0.1) is 0 Å². The van der Waals surface area contributed by atoms with Crippen LogP contribution >= 0.6 is 0 Å². The van der Waals surface area contributed by atoms with Crippen molar-refractivity contribution in [2.45, 2.75) is 43.7 Å². The van der Waals surface area contributed by atoms with Gasteiger partial charge in [-0.3, -0.25) is 0 Å². The average Bonchev–Trinajstić information content (AvgIpc) is 2.08. The van der Waals surface area contributed by atoms with Crippen LogP contribution < -0.4 is 11.5 Å². The first-order valence-electron chi connectivity index (χ1n) is 4.70. The highest BCUT2D eigenvalue weighted by Gasteiger charge is 2.29. The third-order valence-corrected chi connectivity index (χ3v) is 2.83. The van der Waals surface area contributed by atoms with Crippen molar-refractivity contribution in [1.82, 2.24) is 0 Å². The van der Waals surface area contributed by atoms with Crippen molar-refractivity contribution >= 4 is 0 Å². The Morgan fingerprint density at radius 2 is 2.00 bits per heavy atom. The highest BCUT2D eigenvalue weighted by atomic mass is 16.5. The van der Waals surface area contributed by atoms with Gasteiger partial charge in [-0.05, 0) is 32.1 Å². The van der Waals surface area contributed by atoms with E-state index in [0.29, 0.717) is 6.04 Å². The molecule has 1 rings (SSSR count). The van der Waals surface area contributed by atoms with Crippen molar-refractivity contribution in [1.29, 1.82) is 0 Å². The second-order valence-electron chi connectivity index (χ2n) is 3.94. The van der Waals surface area contributed by atoms with E-state index in [1.807, 2.05) is 0 Å². The summed E-state index contributed by atoms with van der Waals surface area (Å²) in [5.41, 5.74) is 12.0. The minimum absolute atomic E-state index is 0.00583. The lowest BCUT2D eigenvalue weighted by Gasteiger charge is -2.35. The van der Waals surface area contributed by atoms with Crippen LogP contribution in [0.2, 0.25) is 0 Å². The first-order valence-corrected chi connectivity index (χ1v) is 4.70. The molecule has 0 unspecified atom stereocenters. The zero-order valence-electron chi connectivity index (χ0n) is 7.88. The highest BCUT2D eigenvalue weighted by molar-refractivity contribution is 4.90. The summed E-state index contributed by atoms with van der Waals surface area (Å²) in [6.45, 7) is 0.770. The maximum absolute atomic E-state index is 6.17. The fourth-order valence-electron chi connectivity index (χ4n) is 1.77. The molecule has 0 saturated heterocycles. The Hall–Kier alpha value is -0.120. The van der Waals surface area contributed by atoms with Crippen LogP contribution in [-0.2, 0) is 4.74 Å². The van der Waals surface area contributed by atoms with E-state index in [2.05, 4.69) is 0 Å². The number of hydrogen-bond acceptors (Lipinski definition) is 3. The minimum atomic E-state index is 0.00583. The Morgan fingerprint density at radius 3 is 2.50 bits per heavy atom. The number of methoxy groups -OCH3 is 1. The summed E-state index contributed by atoms with van der Waals surface area (Å²) >= 11 is 0. The second kappa shape index (κ2) is 4.21. The lowest BCUT2D eigenvalue weighted by molar-refractivity contribution is 0.147. The lowest BCUT2D eigenvalue weighted by atomic mass is 9.78. The summed E-state index contributed by atoms with van der Waals surface area (Å²) in [6.07, 6.45) is 5.21. The fraction of sp³-hybridized carbons (Fsp3) is 1.00. The van der Waals surface area contributed by atoms with E-state index >= 15 is 0 Å². The summed E-state index contributed by atoms with van der Waals surface area (Å²) in [5, 5.41) is 0. The van der Waals surface area contributed by atoms with Crippen LogP contribution in [0.15, 0.2) is 0 Å². The molecule has 0 spiro atoms. The second-order valence-corrected chi connectivity index (χ2v) is 3.94. The molecule has 3 nitrogen and oxygen atoms in total. The van der Waals surface area contributed by atoms with Gasteiger partial charge in [0, 0.05) is 25.3 Å². The standard InChI is InChI=1S/C9H20N2O/c1-12-7-6-9(11)4-2-8(10)3-5-9/h8H,2-7,10-11H2,1H3. The third kappa shape index (κ3) is 2.73. The smallest absolute Gasteiger partial charge is 0.0479 e. The monoisotopic (exact) mass is 172 g/mol. The highest BCUT2D eigenvalue weighted by Crippen LogP contribution is 2.27. The number of ether oxygens (including phenoxy) is 1. The molecule has 1 saturated carbocycles. The van der Waals surface area contributed by atoms with Gasteiger partial charge >= 0.3 is 0 Å². The molecule has 0 aromatic rings. The molecule has 12 heavy (non-hydrogen) atoms. The average molecular weight is 172 g/mol. The van der Waals surface area contributed by atoms with Gasteiger partial charge in [0.1, 0.15) is 0 Å². The van der Waals surface area contributed by atoms with E-state index in [-0.39, 0.29) is 5.54 Å². The van der Waals surface area contributed by atoms with E-state index in [4.69, 9.17) is 16.2 Å². The van der Waals surface area contributed by atoms with E-state index in [1.165, 1.54) is 0 Å². The quantitative estimate of drug-likeness (QED) is 0.656. The first kappa shape index (κ1) is 9.96. The van der Waals surface area contributed by atoms with Crippen LogP contribution in [-0.4, -0.2) is 25.3 Å². The Bertz CT molecular complexity index is 125. The molecule has 1 aliphatic rings. The molecule has 0 amide bonds. The normalized spacial score (nSPS) is 36.8. The summed E-state index contributed by atoms with van der Waals surface area (Å²) < 4.78 is 5.03. The van der Waals surface area contributed by atoms with Crippen molar-refractivity contribution in [2.75, 3.05) is 13.7 Å². The minimum Gasteiger partial charge on any atom is -0.385 e. The molecule has 4 N–H and O–H groups in total.